The number of halogens is 1. The zero-order chi connectivity index (χ0) is 26.2. The first kappa shape index (κ1) is 24.8. The largest absolute Gasteiger partial charge is 0.393 e. The first-order chi connectivity index (χ1) is 17.6. The number of carbonyl (C=O) groups is 1. The molecule has 37 heavy (non-hydrogen) atoms. The van der Waals surface area contributed by atoms with Gasteiger partial charge >= 0.3 is 0 Å². The third-order valence-corrected chi connectivity index (χ3v) is 11.0. The molecule has 2 aromatic heterocycles. The van der Waals surface area contributed by atoms with E-state index in [1.165, 1.54) is 17.8 Å². The van der Waals surface area contributed by atoms with E-state index in [1.54, 1.807) is 10.7 Å². The second-order valence-corrected chi connectivity index (χ2v) is 12.7. The highest BCUT2D eigenvalue weighted by Gasteiger charge is 2.68. The Bertz CT molecular complexity index is 1340. The monoisotopic (exact) mass is 522 g/mol. The molecule has 0 spiro atoms. The summed E-state index contributed by atoms with van der Waals surface area (Å²) in [6.45, 7) is 4.22. The molecule has 0 amide bonds. The van der Waals surface area contributed by atoms with E-state index in [2.05, 4.69) is 23.1 Å². The Balaban J connectivity index is 1.33. The summed E-state index contributed by atoms with van der Waals surface area (Å²) < 4.78 is 15.2. The number of allylic oxidation sites excluding steroid dienone is 1. The minimum absolute atomic E-state index is 0.0128. The number of thioether (sulfide) groups is 1. The number of carbonyl (C=O) groups excluding carboxylic acids is 1. The molecule has 0 radical (unpaired) electrons. The van der Waals surface area contributed by atoms with Crippen LogP contribution in [0, 0.1) is 45.9 Å². The Labute approximate surface area is 219 Å². The lowest BCUT2D eigenvalue weighted by Gasteiger charge is -2.60. The first-order valence-corrected chi connectivity index (χ1v) is 14.0. The summed E-state index contributed by atoms with van der Waals surface area (Å²) in [5.74, 6) is -0.177. The molecule has 3 saturated carbocycles. The second kappa shape index (κ2) is 8.48. The van der Waals surface area contributed by atoms with Gasteiger partial charge in [0.1, 0.15) is 5.60 Å². The molecule has 3 fully saturated rings. The Morgan fingerprint density at radius 2 is 2.14 bits per heavy atom. The van der Waals surface area contributed by atoms with Crippen LogP contribution in [0.25, 0.3) is 11.8 Å². The van der Waals surface area contributed by atoms with Crippen LogP contribution in [0.1, 0.15) is 57.2 Å². The lowest BCUT2D eigenvalue weighted by atomic mass is 9.45. The van der Waals surface area contributed by atoms with Crippen LogP contribution in [-0.4, -0.2) is 47.6 Å². The maximum atomic E-state index is 13.4. The van der Waals surface area contributed by atoms with Crippen LogP contribution in [0.2, 0.25) is 0 Å². The summed E-state index contributed by atoms with van der Waals surface area (Å²) >= 11 is 0.893. The molecule has 0 aliphatic heterocycles. The van der Waals surface area contributed by atoms with E-state index in [1.807, 2.05) is 19.2 Å². The number of aromatic nitrogens is 3. The van der Waals surface area contributed by atoms with E-state index in [0.717, 1.165) is 48.7 Å². The fraction of sp³-hybridized carbons (Fsp3) is 0.571. The number of hydrogen-bond acceptors (Lipinski definition) is 7. The van der Waals surface area contributed by atoms with Gasteiger partial charge in [-0.1, -0.05) is 31.2 Å². The minimum Gasteiger partial charge on any atom is -0.393 e. The SMILES string of the molecule is C[C@]12Cc3cnn(-c4ccc(F)nc4)c3C=C1CC[C@@H]1[C@@H]2[C@@H](O)C[C@@]2(C)[C@H]1CC[C@]2(O)C(=O)SCC#N. The number of nitrogens with zero attached hydrogens (tertiary/aromatic N) is 4. The summed E-state index contributed by atoms with van der Waals surface area (Å²) in [6.07, 6.45) is 8.87. The van der Waals surface area contributed by atoms with Crippen molar-refractivity contribution in [3.8, 4) is 11.8 Å². The van der Waals surface area contributed by atoms with Crippen molar-refractivity contribution in [1.82, 2.24) is 14.8 Å². The maximum absolute atomic E-state index is 13.4. The Kier molecular flexibility index (Phi) is 5.68. The van der Waals surface area contributed by atoms with Gasteiger partial charge in [0.2, 0.25) is 11.1 Å². The Morgan fingerprint density at radius 1 is 1.32 bits per heavy atom. The van der Waals surface area contributed by atoms with Crippen LogP contribution < -0.4 is 0 Å². The second-order valence-electron chi connectivity index (χ2n) is 11.7. The summed E-state index contributed by atoms with van der Waals surface area (Å²) in [6, 6.07) is 4.98. The van der Waals surface area contributed by atoms with Crippen molar-refractivity contribution in [2.45, 2.75) is 64.1 Å². The number of hydrogen-bond donors (Lipinski definition) is 2. The van der Waals surface area contributed by atoms with E-state index in [0.29, 0.717) is 18.5 Å². The standard InChI is InChI=1S/C28H31FN4O3S/c1-26-12-16-14-32-33(18-4-6-23(29)31-15-18)21(16)11-17(26)3-5-19-20-7-8-28(36,25(35)37-10-9-30)27(20,2)13-22(34)24(19)26/h4,6,11,14-15,19-20,22,24,34,36H,3,5,7-8,10,12-13H2,1-2H3/t19-,20-,22-,24+,26-,27-,28-/m0/s1. The highest BCUT2D eigenvalue weighted by molar-refractivity contribution is 8.14. The predicted octanol–water partition coefficient (Wildman–Crippen LogP) is 4.07. The topological polar surface area (TPSA) is 112 Å². The van der Waals surface area contributed by atoms with E-state index in [9.17, 15) is 19.4 Å². The van der Waals surface area contributed by atoms with Crippen molar-refractivity contribution >= 4 is 23.0 Å². The molecule has 2 heterocycles. The predicted molar refractivity (Wildman–Crippen MR) is 137 cm³/mol. The average Bonchev–Trinajstić information content (AvgIpc) is 3.38. The molecule has 0 saturated heterocycles. The molecule has 4 aliphatic rings. The van der Waals surface area contributed by atoms with Gasteiger partial charge in [-0.15, -0.1) is 0 Å². The van der Waals surface area contributed by atoms with Crippen LogP contribution in [0.5, 0.6) is 0 Å². The molecule has 2 aromatic rings. The van der Waals surface area contributed by atoms with E-state index < -0.39 is 23.1 Å². The van der Waals surface area contributed by atoms with Gasteiger partial charge in [-0.25, -0.2) is 9.67 Å². The van der Waals surface area contributed by atoms with Crippen molar-refractivity contribution in [2.75, 3.05) is 5.75 Å². The summed E-state index contributed by atoms with van der Waals surface area (Å²) in [5, 5.41) is 36.6. The van der Waals surface area contributed by atoms with E-state index in [4.69, 9.17) is 5.26 Å². The molecule has 0 unspecified atom stereocenters. The molecule has 2 N–H and O–H groups in total. The van der Waals surface area contributed by atoms with Crippen LogP contribution in [-0.2, 0) is 11.2 Å². The van der Waals surface area contributed by atoms with Crippen LogP contribution >= 0.6 is 11.8 Å². The number of rotatable bonds is 3. The lowest BCUT2D eigenvalue weighted by molar-refractivity contribution is -0.173. The fourth-order valence-corrected chi connectivity index (χ4v) is 9.21. The highest BCUT2D eigenvalue weighted by atomic mass is 32.2. The molecule has 6 rings (SSSR count). The molecule has 0 aromatic carbocycles. The third-order valence-electron chi connectivity index (χ3n) is 10.1. The van der Waals surface area contributed by atoms with Crippen LogP contribution in [0.15, 0.2) is 30.1 Å². The molecule has 9 heteroatoms. The summed E-state index contributed by atoms with van der Waals surface area (Å²) in [4.78, 5) is 16.8. The van der Waals surface area contributed by atoms with Gasteiger partial charge in [-0.05, 0) is 85.5 Å². The molecule has 7 nitrogen and oxygen atoms in total. The summed E-state index contributed by atoms with van der Waals surface area (Å²) in [5.41, 5.74) is 1.56. The lowest BCUT2D eigenvalue weighted by Crippen LogP contribution is -2.61. The third kappa shape index (κ3) is 3.42. The Morgan fingerprint density at radius 3 is 2.86 bits per heavy atom. The number of aliphatic hydroxyl groups is 2. The molecular formula is C28H31FN4O3S. The fourth-order valence-electron chi connectivity index (χ4n) is 8.44. The van der Waals surface area contributed by atoms with Gasteiger partial charge in [0.15, 0.2) is 0 Å². The number of pyridine rings is 1. The highest BCUT2D eigenvalue weighted by Crippen LogP contribution is 2.68. The number of nitriles is 1. The van der Waals surface area contributed by atoms with Gasteiger partial charge in [-0.2, -0.15) is 14.8 Å². The zero-order valence-electron chi connectivity index (χ0n) is 21.0. The average molecular weight is 523 g/mol. The molecular weight excluding hydrogens is 491 g/mol. The van der Waals surface area contributed by atoms with Crippen molar-refractivity contribution in [2.24, 2.45) is 28.6 Å². The van der Waals surface area contributed by atoms with Crippen LogP contribution in [0.4, 0.5) is 4.39 Å². The van der Waals surface area contributed by atoms with Gasteiger partial charge in [0.25, 0.3) is 0 Å². The van der Waals surface area contributed by atoms with Crippen LogP contribution in [0.3, 0.4) is 0 Å². The van der Waals surface area contributed by atoms with E-state index >= 15 is 0 Å². The van der Waals surface area contributed by atoms with Gasteiger partial charge in [0.05, 0.1) is 41.7 Å². The van der Waals surface area contributed by atoms with Gasteiger partial charge in [0, 0.05) is 5.41 Å². The molecule has 7 atom stereocenters. The van der Waals surface area contributed by atoms with Gasteiger partial charge < -0.3 is 10.2 Å². The normalized spacial score (nSPS) is 38.0. The molecule has 0 bridgehead atoms. The molecule has 194 valence electrons. The number of aliphatic hydroxyl groups excluding tert-OH is 1. The van der Waals surface area contributed by atoms with E-state index in [-0.39, 0.29) is 34.0 Å². The maximum Gasteiger partial charge on any atom is 0.222 e. The van der Waals surface area contributed by atoms with Gasteiger partial charge in [-0.3, -0.25) is 4.79 Å². The van der Waals surface area contributed by atoms with Crippen molar-refractivity contribution < 1.29 is 19.4 Å². The quantitative estimate of drug-likeness (QED) is 0.585. The Hall–Kier alpha value is -2.54. The smallest absolute Gasteiger partial charge is 0.222 e. The first-order valence-electron chi connectivity index (χ1n) is 13.0. The minimum atomic E-state index is -1.52. The zero-order valence-corrected chi connectivity index (χ0v) is 21.8. The molecule has 4 aliphatic carbocycles. The van der Waals surface area contributed by atoms with Crippen molar-refractivity contribution in [3.05, 3.63) is 47.3 Å². The summed E-state index contributed by atoms with van der Waals surface area (Å²) in [7, 11) is 0. The number of fused-ring (bicyclic) bond motifs is 6. The van der Waals surface area contributed by atoms with Crippen molar-refractivity contribution in [1.29, 1.82) is 5.26 Å². The van der Waals surface area contributed by atoms with Crippen molar-refractivity contribution in [3.63, 3.8) is 0 Å².